The summed E-state index contributed by atoms with van der Waals surface area (Å²) in [6.07, 6.45) is 0.396. The van der Waals surface area contributed by atoms with Crippen LogP contribution in [0.15, 0.2) is 66.7 Å². The average molecular weight is 480 g/mol. The molecule has 0 aromatic heterocycles. The molecule has 1 N–H and O–H groups in total. The molecule has 1 heterocycles. The molecule has 0 saturated carbocycles. The highest BCUT2D eigenvalue weighted by molar-refractivity contribution is 6.21. The number of ether oxygens (including phenoxy) is 2. The molecular weight excluding hydrogens is 458 g/mol. The number of methoxy groups -OCH3 is 1. The number of nitrogens with one attached hydrogen (secondary N) is 1. The quantitative estimate of drug-likeness (QED) is 0.467. The Balaban J connectivity index is 1.32. The van der Waals surface area contributed by atoms with Gasteiger partial charge in [-0.3, -0.25) is 19.3 Å². The zero-order valence-electron chi connectivity index (χ0n) is 18.8. The molecule has 0 unspecified atom stereocenters. The van der Waals surface area contributed by atoms with E-state index in [2.05, 4.69) is 10.1 Å². The lowest BCUT2D eigenvalue weighted by molar-refractivity contribution is -0.0512. The van der Waals surface area contributed by atoms with Crippen LogP contribution in [0.2, 0.25) is 0 Å². The highest BCUT2D eigenvalue weighted by Gasteiger charge is 2.34. The Hall–Kier alpha value is -4.27. The first-order valence-corrected chi connectivity index (χ1v) is 10.8. The van der Waals surface area contributed by atoms with Crippen LogP contribution in [-0.4, -0.2) is 42.9 Å². The number of halogens is 2. The van der Waals surface area contributed by atoms with E-state index in [9.17, 15) is 23.2 Å². The fourth-order valence-electron chi connectivity index (χ4n) is 3.81. The number of carbonyl (C=O) groups is 3. The predicted molar refractivity (Wildman–Crippen MR) is 123 cm³/mol. The molecule has 7 nitrogen and oxygen atoms in total. The van der Waals surface area contributed by atoms with Crippen LogP contribution < -0.4 is 14.8 Å². The zero-order valence-corrected chi connectivity index (χ0v) is 18.8. The molecule has 3 aromatic carbocycles. The maximum Gasteiger partial charge on any atom is 0.387 e. The molecule has 180 valence electrons. The molecule has 1 aliphatic heterocycles. The molecule has 3 amide bonds. The second-order valence-corrected chi connectivity index (χ2v) is 7.81. The van der Waals surface area contributed by atoms with Gasteiger partial charge in [-0.1, -0.05) is 30.3 Å². The lowest BCUT2D eigenvalue weighted by atomic mass is 10.1. The molecule has 0 spiro atoms. The molecule has 0 fully saturated rings. The van der Waals surface area contributed by atoms with Crippen LogP contribution >= 0.6 is 0 Å². The maximum absolute atomic E-state index is 12.6. The summed E-state index contributed by atoms with van der Waals surface area (Å²) >= 11 is 0. The van der Waals surface area contributed by atoms with Crippen LogP contribution in [0.1, 0.15) is 42.2 Å². The molecule has 1 aliphatic rings. The molecule has 4 rings (SSSR count). The summed E-state index contributed by atoms with van der Waals surface area (Å²) in [7, 11) is 1.36. The van der Waals surface area contributed by atoms with Crippen molar-refractivity contribution >= 4 is 17.7 Å². The summed E-state index contributed by atoms with van der Waals surface area (Å²) in [5.74, 6) is -0.865. The number of alkyl halides is 2. The minimum atomic E-state index is -2.97. The number of imide groups is 1. The Labute approximate surface area is 200 Å². The number of hydrogen-bond donors (Lipinski definition) is 1. The van der Waals surface area contributed by atoms with Gasteiger partial charge in [0.2, 0.25) is 0 Å². The summed E-state index contributed by atoms with van der Waals surface area (Å²) in [4.78, 5) is 38.7. The van der Waals surface area contributed by atoms with E-state index in [0.717, 1.165) is 0 Å². The second-order valence-electron chi connectivity index (χ2n) is 7.81. The van der Waals surface area contributed by atoms with Gasteiger partial charge in [-0.05, 0) is 53.9 Å². The average Bonchev–Trinajstić information content (AvgIpc) is 3.09. The fourth-order valence-corrected chi connectivity index (χ4v) is 3.81. The van der Waals surface area contributed by atoms with Gasteiger partial charge in [0.05, 0.1) is 24.8 Å². The van der Waals surface area contributed by atoms with Gasteiger partial charge in [-0.25, -0.2) is 0 Å². The Morgan fingerprint density at radius 3 is 2.14 bits per heavy atom. The molecule has 35 heavy (non-hydrogen) atoms. The van der Waals surface area contributed by atoms with Crippen molar-refractivity contribution in [2.75, 3.05) is 13.7 Å². The predicted octanol–water partition coefficient (Wildman–Crippen LogP) is 4.07. The van der Waals surface area contributed by atoms with Crippen molar-refractivity contribution in [1.29, 1.82) is 0 Å². The minimum absolute atomic E-state index is 0.0695. The Morgan fingerprint density at radius 2 is 1.54 bits per heavy atom. The van der Waals surface area contributed by atoms with Gasteiger partial charge < -0.3 is 14.8 Å². The molecule has 0 aliphatic carbocycles. The standard InChI is InChI=1S/C26H22F2N2O5/c1-34-21-11-8-16(14-22(21)35-26(27)28)12-13-29-23(31)18-9-6-17(7-10-18)15-30-24(32)19-4-2-3-5-20(19)25(30)33/h2-11,14,26H,12-13,15H2,1H3,(H,29,31). The first-order valence-electron chi connectivity index (χ1n) is 10.8. The number of amides is 3. The summed E-state index contributed by atoms with van der Waals surface area (Å²) in [6, 6.07) is 18.0. The normalized spacial score (nSPS) is 12.6. The Bertz CT molecular complexity index is 1230. The van der Waals surface area contributed by atoms with Crippen LogP contribution in [0.3, 0.4) is 0 Å². The first-order chi connectivity index (χ1) is 16.9. The van der Waals surface area contributed by atoms with Crippen LogP contribution in [0.25, 0.3) is 0 Å². The van der Waals surface area contributed by atoms with Gasteiger partial charge in [0.1, 0.15) is 0 Å². The van der Waals surface area contributed by atoms with E-state index >= 15 is 0 Å². The summed E-state index contributed by atoms with van der Waals surface area (Å²) < 4.78 is 34.7. The number of nitrogens with zero attached hydrogens (tertiary/aromatic N) is 1. The SMILES string of the molecule is COc1ccc(CCNC(=O)c2ccc(CN3C(=O)c4ccccc4C3=O)cc2)cc1OC(F)F. The van der Waals surface area contributed by atoms with Crippen LogP contribution in [0, 0.1) is 0 Å². The van der Waals surface area contributed by atoms with E-state index < -0.39 is 6.61 Å². The minimum Gasteiger partial charge on any atom is -0.493 e. The second kappa shape index (κ2) is 10.3. The fraction of sp³-hybridized carbons (Fsp3) is 0.192. The van der Waals surface area contributed by atoms with Crippen molar-refractivity contribution in [2.45, 2.75) is 19.6 Å². The maximum atomic E-state index is 12.6. The highest BCUT2D eigenvalue weighted by atomic mass is 19.3. The van der Waals surface area contributed by atoms with Crippen molar-refractivity contribution in [3.63, 3.8) is 0 Å². The monoisotopic (exact) mass is 480 g/mol. The number of fused-ring (bicyclic) bond motifs is 1. The van der Waals surface area contributed by atoms with Gasteiger partial charge in [0.25, 0.3) is 17.7 Å². The van der Waals surface area contributed by atoms with E-state index in [4.69, 9.17) is 4.74 Å². The van der Waals surface area contributed by atoms with Crippen molar-refractivity contribution in [2.24, 2.45) is 0 Å². The van der Waals surface area contributed by atoms with Crippen LogP contribution in [-0.2, 0) is 13.0 Å². The number of benzene rings is 3. The van der Waals surface area contributed by atoms with Gasteiger partial charge in [0.15, 0.2) is 11.5 Å². The highest BCUT2D eigenvalue weighted by Crippen LogP contribution is 2.29. The zero-order chi connectivity index (χ0) is 24.9. The molecule has 3 aromatic rings. The first kappa shape index (κ1) is 23.9. The van der Waals surface area contributed by atoms with E-state index in [1.807, 2.05) is 0 Å². The van der Waals surface area contributed by atoms with Gasteiger partial charge >= 0.3 is 6.61 Å². The van der Waals surface area contributed by atoms with E-state index in [1.165, 1.54) is 24.1 Å². The Kier molecular flexibility index (Phi) is 7.05. The molecule has 9 heteroatoms. The summed E-state index contributed by atoms with van der Waals surface area (Å²) in [5, 5.41) is 2.78. The van der Waals surface area contributed by atoms with Crippen molar-refractivity contribution < 1.29 is 32.6 Å². The van der Waals surface area contributed by atoms with E-state index in [-0.39, 0.29) is 42.3 Å². The third kappa shape index (κ3) is 5.29. The lowest BCUT2D eigenvalue weighted by Crippen LogP contribution is -2.29. The van der Waals surface area contributed by atoms with Crippen molar-refractivity contribution in [3.05, 3.63) is 94.5 Å². The lowest BCUT2D eigenvalue weighted by Gasteiger charge is -2.14. The van der Waals surface area contributed by atoms with Crippen LogP contribution in [0.4, 0.5) is 8.78 Å². The van der Waals surface area contributed by atoms with Crippen molar-refractivity contribution in [3.8, 4) is 11.5 Å². The van der Waals surface area contributed by atoms with Crippen molar-refractivity contribution in [1.82, 2.24) is 10.2 Å². The Morgan fingerprint density at radius 1 is 0.914 bits per heavy atom. The van der Waals surface area contributed by atoms with Crippen LogP contribution in [0.5, 0.6) is 11.5 Å². The van der Waals surface area contributed by atoms with Gasteiger partial charge in [-0.15, -0.1) is 0 Å². The van der Waals surface area contributed by atoms with E-state index in [1.54, 1.807) is 54.6 Å². The molecular formula is C26H22F2N2O5. The molecule has 0 atom stereocenters. The summed E-state index contributed by atoms with van der Waals surface area (Å²) in [5.41, 5.74) is 2.59. The molecule has 0 radical (unpaired) electrons. The third-order valence-corrected chi connectivity index (χ3v) is 5.58. The number of rotatable bonds is 9. The summed E-state index contributed by atoms with van der Waals surface area (Å²) in [6.45, 7) is -2.59. The third-order valence-electron chi connectivity index (χ3n) is 5.58. The molecule has 0 saturated heterocycles. The van der Waals surface area contributed by atoms with Gasteiger partial charge in [-0.2, -0.15) is 8.78 Å². The topological polar surface area (TPSA) is 84.9 Å². The van der Waals surface area contributed by atoms with E-state index in [0.29, 0.717) is 34.2 Å². The number of carbonyl (C=O) groups excluding carboxylic acids is 3. The smallest absolute Gasteiger partial charge is 0.387 e. The molecule has 0 bridgehead atoms. The largest absolute Gasteiger partial charge is 0.493 e. The number of hydrogen-bond acceptors (Lipinski definition) is 5. The van der Waals surface area contributed by atoms with Gasteiger partial charge in [0, 0.05) is 12.1 Å².